The number of carbonyl (C=O) groups excluding carboxylic acids is 1. The average Bonchev–Trinajstić information content (AvgIpc) is 2.60. The number of Topliss-reactive ketones (excluding diaryl/α,β-unsaturated/α-hetero) is 1. The van der Waals surface area contributed by atoms with Crippen molar-refractivity contribution in [3.8, 4) is 0 Å². The molecule has 0 aliphatic carbocycles. The molecule has 1 atom stereocenters. The molecular formula is C19H14ClF3O5. The van der Waals surface area contributed by atoms with Crippen LogP contribution in [0.4, 0.5) is 13.2 Å². The molecule has 0 bridgehead atoms. The lowest BCUT2D eigenvalue weighted by molar-refractivity contribution is -0.155. The van der Waals surface area contributed by atoms with E-state index in [0.29, 0.717) is 0 Å². The number of carbonyl (C=O) groups is 3. The van der Waals surface area contributed by atoms with Crippen molar-refractivity contribution in [1.29, 1.82) is 0 Å². The van der Waals surface area contributed by atoms with Crippen molar-refractivity contribution in [3.63, 3.8) is 0 Å². The summed E-state index contributed by atoms with van der Waals surface area (Å²) in [5.74, 6) is -7.28. The van der Waals surface area contributed by atoms with E-state index in [1.165, 1.54) is 18.2 Å². The van der Waals surface area contributed by atoms with E-state index in [1.54, 1.807) is 6.07 Å². The molecule has 2 N–H and O–H groups in total. The second-order valence-electron chi connectivity index (χ2n) is 5.98. The van der Waals surface area contributed by atoms with E-state index in [0.717, 1.165) is 24.3 Å². The zero-order valence-corrected chi connectivity index (χ0v) is 14.9. The Balaban J connectivity index is 2.39. The molecule has 28 heavy (non-hydrogen) atoms. The summed E-state index contributed by atoms with van der Waals surface area (Å²) in [7, 11) is 0. The van der Waals surface area contributed by atoms with Gasteiger partial charge in [-0.2, -0.15) is 13.2 Å². The summed E-state index contributed by atoms with van der Waals surface area (Å²) < 4.78 is 37.9. The van der Waals surface area contributed by atoms with Crippen molar-refractivity contribution in [1.82, 2.24) is 0 Å². The molecule has 2 aromatic carbocycles. The molecule has 0 spiro atoms. The summed E-state index contributed by atoms with van der Waals surface area (Å²) >= 11 is 6.05. The molecule has 9 heteroatoms. The Morgan fingerprint density at radius 2 is 1.46 bits per heavy atom. The standard InChI is InChI=1S/C19H14ClF3O5/c20-14-4-2-1-3-12(14)13(16(17(25)26)18(27)28)9-15(24)10-5-7-11(8-6-10)19(21,22)23/h1-8,13,16H,9H2,(H,25,26)(H,27,28). The van der Waals surface area contributed by atoms with Crippen LogP contribution in [0.1, 0.15) is 33.8 Å². The van der Waals surface area contributed by atoms with Gasteiger partial charge >= 0.3 is 18.1 Å². The summed E-state index contributed by atoms with van der Waals surface area (Å²) in [5.41, 5.74) is -0.889. The summed E-state index contributed by atoms with van der Waals surface area (Å²) in [6.45, 7) is 0. The molecule has 0 saturated heterocycles. The molecule has 0 saturated carbocycles. The largest absolute Gasteiger partial charge is 0.481 e. The highest BCUT2D eigenvalue weighted by molar-refractivity contribution is 6.31. The molecule has 0 heterocycles. The van der Waals surface area contributed by atoms with Gasteiger partial charge in [0.05, 0.1) is 5.56 Å². The lowest BCUT2D eigenvalue weighted by Crippen LogP contribution is -2.31. The van der Waals surface area contributed by atoms with E-state index in [2.05, 4.69) is 0 Å². The summed E-state index contributed by atoms with van der Waals surface area (Å²) in [5, 5.41) is 18.7. The van der Waals surface area contributed by atoms with Gasteiger partial charge in [-0.15, -0.1) is 0 Å². The first-order valence-electron chi connectivity index (χ1n) is 7.93. The van der Waals surface area contributed by atoms with Crippen LogP contribution >= 0.6 is 11.6 Å². The molecule has 0 radical (unpaired) electrons. The van der Waals surface area contributed by atoms with Crippen LogP contribution < -0.4 is 0 Å². The van der Waals surface area contributed by atoms with E-state index in [-0.39, 0.29) is 16.1 Å². The number of hydrogen-bond donors (Lipinski definition) is 2. The number of alkyl halides is 3. The molecule has 0 aromatic heterocycles. The maximum Gasteiger partial charge on any atom is 0.416 e. The number of halogens is 4. The Morgan fingerprint density at radius 3 is 1.93 bits per heavy atom. The fourth-order valence-corrected chi connectivity index (χ4v) is 3.07. The lowest BCUT2D eigenvalue weighted by atomic mass is 9.81. The quantitative estimate of drug-likeness (QED) is 0.514. The topological polar surface area (TPSA) is 91.7 Å². The van der Waals surface area contributed by atoms with E-state index < -0.39 is 47.7 Å². The first-order chi connectivity index (χ1) is 13.0. The smallest absolute Gasteiger partial charge is 0.416 e. The Morgan fingerprint density at radius 1 is 0.929 bits per heavy atom. The van der Waals surface area contributed by atoms with Crippen molar-refractivity contribution in [3.05, 3.63) is 70.2 Å². The number of ketones is 1. The van der Waals surface area contributed by atoms with Gasteiger partial charge in [-0.1, -0.05) is 41.9 Å². The Hall–Kier alpha value is -2.87. The van der Waals surface area contributed by atoms with Gasteiger partial charge in [0.1, 0.15) is 0 Å². The zero-order chi connectivity index (χ0) is 21.1. The van der Waals surface area contributed by atoms with Gasteiger partial charge in [0.15, 0.2) is 11.7 Å². The molecule has 1 unspecified atom stereocenters. The van der Waals surface area contributed by atoms with Crippen LogP contribution in [0.2, 0.25) is 5.02 Å². The zero-order valence-electron chi connectivity index (χ0n) is 14.1. The van der Waals surface area contributed by atoms with Gasteiger partial charge in [-0.05, 0) is 23.8 Å². The highest BCUT2D eigenvalue weighted by Crippen LogP contribution is 2.35. The first kappa shape index (κ1) is 21.4. The van der Waals surface area contributed by atoms with E-state index >= 15 is 0 Å². The maximum absolute atomic E-state index is 12.6. The summed E-state index contributed by atoms with van der Waals surface area (Å²) in [6, 6.07) is 9.28. The predicted molar refractivity (Wildman–Crippen MR) is 93.3 cm³/mol. The van der Waals surface area contributed by atoms with Crippen molar-refractivity contribution in [2.45, 2.75) is 18.5 Å². The number of carboxylic acids is 2. The average molecular weight is 415 g/mol. The first-order valence-corrected chi connectivity index (χ1v) is 8.30. The van der Waals surface area contributed by atoms with Gasteiger partial charge in [-0.25, -0.2) is 0 Å². The Kier molecular flexibility index (Phi) is 6.45. The van der Waals surface area contributed by atoms with Gasteiger partial charge < -0.3 is 10.2 Å². The number of hydrogen-bond acceptors (Lipinski definition) is 3. The molecule has 5 nitrogen and oxygen atoms in total. The van der Waals surface area contributed by atoms with Gasteiger partial charge in [-0.3, -0.25) is 14.4 Å². The number of aliphatic carboxylic acids is 2. The Labute approximate surface area is 162 Å². The Bertz CT molecular complexity index is 879. The molecule has 2 aromatic rings. The van der Waals surface area contributed by atoms with Crippen LogP contribution in [-0.4, -0.2) is 27.9 Å². The van der Waals surface area contributed by atoms with Crippen molar-refractivity contribution in [2.75, 3.05) is 0 Å². The van der Waals surface area contributed by atoms with Crippen LogP contribution in [0.25, 0.3) is 0 Å². The molecule has 0 fully saturated rings. The SMILES string of the molecule is O=C(CC(c1ccccc1Cl)C(C(=O)O)C(=O)O)c1ccc(C(F)(F)F)cc1. The van der Waals surface area contributed by atoms with Crippen LogP contribution in [-0.2, 0) is 15.8 Å². The fourth-order valence-electron chi connectivity index (χ4n) is 2.80. The van der Waals surface area contributed by atoms with Crippen LogP contribution in [0.3, 0.4) is 0 Å². The van der Waals surface area contributed by atoms with Crippen molar-refractivity contribution in [2.24, 2.45) is 5.92 Å². The third kappa shape index (κ3) is 4.89. The number of rotatable bonds is 7. The normalized spacial score (nSPS) is 12.6. The van der Waals surface area contributed by atoms with Crippen LogP contribution in [0.5, 0.6) is 0 Å². The number of carboxylic acid groups (broad SMARTS) is 2. The summed E-state index contributed by atoms with van der Waals surface area (Å²) in [6.07, 6.45) is -5.13. The van der Waals surface area contributed by atoms with E-state index in [4.69, 9.17) is 11.6 Å². The fraction of sp³-hybridized carbons (Fsp3) is 0.211. The van der Waals surface area contributed by atoms with E-state index in [1.807, 2.05) is 0 Å². The van der Waals surface area contributed by atoms with Crippen LogP contribution in [0.15, 0.2) is 48.5 Å². The van der Waals surface area contributed by atoms with Gasteiger partial charge in [0, 0.05) is 22.9 Å². The molecule has 0 aliphatic rings. The molecule has 2 rings (SSSR count). The van der Waals surface area contributed by atoms with Gasteiger partial charge in [0.25, 0.3) is 0 Å². The molecule has 0 amide bonds. The van der Waals surface area contributed by atoms with Crippen molar-refractivity contribution < 1.29 is 37.8 Å². The minimum Gasteiger partial charge on any atom is -0.481 e. The lowest BCUT2D eigenvalue weighted by Gasteiger charge is -2.22. The molecule has 0 aliphatic heterocycles. The second-order valence-corrected chi connectivity index (χ2v) is 6.39. The minimum absolute atomic E-state index is 0.0835. The van der Waals surface area contributed by atoms with Crippen molar-refractivity contribution >= 4 is 29.3 Å². The second kappa shape index (κ2) is 8.43. The maximum atomic E-state index is 12.6. The third-order valence-corrected chi connectivity index (χ3v) is 4.52. The summed E-state index contributed by atoms with van der Waals surface area (Å²) in [4.78, 5) is 35.5. The third-order valence-electron chi connectivity index (χ3n) is 4.18. The molecular weight excluding hydrogens is 401 g/mol. The van der Waals surface area contributed by atoms with Crippen LogP contribution in [0, 0.1) is 5.92 Å². The molecule has 148 valence electrons. The highest BCUT2D eigenvalue weighted by Gasteiger charge is 2.38. The monoisotopic (exact) mass is 414 g/mol. The number of benzene rings is 2. The van der Waals surface area contributed by atoms with E-state index in [9.17, 15) is 37.8 Å². The highest BCUT2D eigenvalue weighted by atomic mass is 35.5. The predicted octanol–water partition coefficient (Wildman–Crippen LogP) is 4.50. The minimum atomic E-state index is -4.57. The van der Waals surface area contributed by atoms with Gasteiger partial charge in [0.2, 0.25) is 0 Å².